The molecule has 2 aromatic carbocycles. The summed E-state index contributed by atoms with van der Waals surface area (Å²) >= 11 is 6.06. The summed E-state index contributed by atoms with van der Waals surface area (Å²) in [6.07, 6.45) is 1.39. The number of amides is 1. The summed E-state index contributed by atoms with van der Waals surface area (Å²) in [5.41, 5.74) is 7.79. The number of ether oxygens (including phenoxy) is 1. The lowest BCUT2D eigenvalue weighted by Crippen LogP contribution is -2.44. The van der Waals surface area contributed by atoms with Crippen molar-refractivity contribution in [3.8, 4) is 5.75 Å². The van der Waals surface area contributed by atoms with Crippen molar-refractivity contribution in [1.82, 2.24) is 9.88 Å². The van der Waals surface area contributed by atoms with E-state index in [2.05, 4.69) is 27.1 Å². The first-order valence-corrected chi connectivity index (χ1v) is 10.8. The average Bonchev–Trinajstić information content (AvgIpc) is 2.76. The zero-order chi connectivity index (χ0) is 22.8. The number of primary amides is 1. The van der Waals surface area contributed by atoms with Crippen molar-refractivity contribution >= 4 is 45.5 Å². The fourth-order valence-corrected chi connectivity index (χ4v) is 4.00. The van der Waals surface area contributed by atoms with Crippen LogP contribution in [0.15, 0.2) is 36.5 Å². The Labute approximate surface area is 190 Å². The molecule has 0 bridgehead atoms. The van der Waals surface area contributed by atoms with Gasteiger partial charge in [0.05, 0.1) is 34.7 Å². The molecule has 4 rings (SSSR count). The van der Waals surface area contributed by atoms with E-state index in [1.54, 1.807) is 0 Å². The molecule has 3 aromatic rings. The molecular formula is C23H25ClFN5O2. The Morgan fingerprint density at radius 1 is 1.25 bits per heavy atom. The van der Waals surface area contributed by atoms with Crippen LogP contribution in [0.2, 0.25) is 5.02 Å². The van der Waals surface area contributed by atoms with Crippen molar-refractivity contribution in [1.29, 1.82) is 0 Å². The smallest absolute Gasteiger partial charge is 0.252 e. The van der Waals surface area contributed by atoms with Crippen LogP contribution in [-0.2, 0) is 0 Å². The number of carbonyl (C=O) groups excluding carboxylic acids is 1. The molecule has 0 spiro atoms. The Morgan fingerprint density at radius 2 is 2.00 bits per heavy atom. The molecule has 168 valence electrons. The number of nitrogens with two attached hydrogens (primary N) is 1. The van der Waals surface area contributed by atoms with Gasteiger partial charge in [0.25, 0.3) is 5.91 Å². The minimum absolute atomic E-state index is 0.141. The second-order valence-electron chi connectivity index (χ2n) is 7.72. The summed E-state index contributed by atoms with van der Waals surface area (Å²) in [7, 11) is 2.09. The molecule has 7 nitrogen and oxygen atoms in total. The van der Waals surface area contributed by atoms with Crippen LogP contribution in [0.3, 0.4) is 0 Å². The van der Waals surface area contributed by atoms with E-state index >= 15 is 0 Å². The van der Waals surface area contributed by atoms with Gasteiger partial charge in [-0.05, 0) is 38.2 Å². The van der Waals surface area contributed by atoms with E-state index in [0.717, 1.165) is 31.9 Å². The van der Waals surface area contributed by atoms with Gasteiger partial charge in [-0.15, -0.1) is 0 Å². The minimum atomic E-state index is -0.667. The first-order chi connectivity index (χ1) is 15.4. The number of carbonyl (C=O) groups is 1. The van der Waals surface area contributed by atoms with Crippen LogP contribution in [0, 0.1) is 5.82 Å². The molecule has 1 aromatic heterocycles. The quantitative estimate of drug-likeness (QED) is 0.581. The van der Waals surface area contributed by atoms with Gasteiger partial charge in [-0.1, -0.05) is 11.6 Å². The van der Waals surface area contributed by atoms with E-state index in [0.29, 0.717) is 34.0 Å². The van der Waals surface area contributed by atoms with E-state index < -0.39 is 11.7 Å². The molecule has 1 amide bonds. The number of likely N-dealkylation sites (N-methyl/N-ethyl adjacent to an activating group) is 1. The summed E-state index contributed by atoms with van der Waals surface area (Å²) < 4.78 is 20.4. The fourth-order valence-electron chi connectivity index (χ4n) is 3.82. The zero-order valence-corrected chi connectivity index (χ0v) is 18.7. The van der Waals surface area contributed by atoms with Crippen LogP contribution in [-0.4, -0.2) is 55.6 Å². The van der Waals surface area contributed by atoms with Crippen LogP contribution in [0.5, 0.6) is 5.75 Å². The van der Waals surface area contributed by atoms with Crippen molar-refractivity contribution in [2.24, 2.45) is 5.73 Å². The first-order valence-electron chi connectivity index (χ1n) is 10.4. The molecule has 0 unspecified atom stereocenters. The molecular weight excluding hydrogens is 433 g/mol. The number of piperazine rings is 1. The van der Waals surface area contributed by atoms with Gasteiger partial charge in [0.15, 0.2) is 0 Å². The number of pyridine rings is 1. The van der Waals surface area contributed by atoms with Crippen LogP contribution >= 0.6 is 11.6 Å². The maximum Gasteiger partial charge on any atom is 0.252 e. The predicted octanol–water partition coefficient (Wildman–Crippen LogP) is 4.02. The molecule has 0 aliphatic carbocycles. The highest BCUT2D eigenvalue weighted by molar-refractivity contribution is 6.30. The van der Waals surface area contributed by atoms with E-state index in [-0.39, 0.29) is 11.3 Å². The van der Waals surface area contributed by atoms with Crippen LogP contribution < -0.4 is 20.7 Å². The Kier molecular flexibility index (Phi) is 6.34. The number of hydrogen-bond donors (Lipinski definition) is 2. The molecule has 1 aliphatic heterocycles. The van der Waals surface area contributed by atoms with Crippen molar-refractivity contribution in [2.45, 2.75) is 6.92 Å². The van der Waals surface area contributed by atoms with Gasteiger partial charge in [-0.2, -0.15) is 0 Å². The maximum atomic E-state index is 14.5. The molecule has 1 aliphatic rings. The van der Waals surface area contributed by atoms with Crippen LogP contribution in [0.25, 0.3) is 10.9 Å². The van der Waals surface area contributed by atoms with Crippen LogP contribution in [0.4, 0.5) is 21.5 Å². The van der Waals surface area contributed by atoms with E-state index in [9.17, 15) is 9.18 Å². The lowest BCUT2D eigenvalue weighted by molar-refractivity contribution is 0.100. The standard InChI is InChI=1S/C23H25ClFN5O2/c1-3-32-21-12-18-15(11-20(21)30-8-6-29(2)7-9-30)22(16(13-27-18)23(26)31)28-19-10-14(24)4-5-17(19)25/h4-5,10-13H,3,6-9H2,1-2H3,(H2,26,31)(H,27,28). The predicted molar refractivity (Wildman–Crippen MR) is 126 cm³/mol. The molecule has 1 fully saturated rings. The minimum Gasteiger partial charge on any atom is -0.492 e. The number of benzene rings is 2. The first kappa shape index (κ1) is 22.1. The summed E-state index contributed by atoms with van der Waals surface area (Å²) in [6, 6.07) is 7.96. The van der Waals surface area contributed by atoms with Crippen molar-refractivity contribution in [3.05, 3.63) is 52.9 Å². The number of nitrogens with one attached hydrogen (secondary N) is 1. The molecule has 0 radical (unpaired) electrons. The monoisotopic (exact) mass is 457 g/mol. The van der Waals surface area contributed by atoms with Crippen molar-refractivity contribution in [3.63, 3.8) is 0 Å². The highest BCUT2D eigenvalue weighted by Gasteiger charge is 2.22. The molecule has 9 heteroatoms. The fraction of sp³-hybridized carbons (Fsp3) is 0.304. The van der Waals surface area contributed by atoms with Gasteiger partial charge < -0.3 is 25.6 Å². The highest BCUT2D eigenvalue weighted by Crippen LogP contribution is 2.38. The Balaban J connectivity index is 1.90. The topological polar surface area (TPSA) is 83.7 Å². The number of aromatic nitrogens is 1. The van der Waals surface area contributed by atoms with Gasteiger partial charge in [0.1, 0.15) is 11.6 Å². The van der Waals surface area contributed by atoms with E-state index in [1.165, 1.54) is 24.4 Å². The second kappa shape index (κ2) is 9.18. The number of fused-ring (bicyclic) bond motifs is 1. The average molecular weight is 458 g/mol. The molecule has 0 atom stereocenters. The van der Waals surface area contributed by atoms with Gasteiger partial charge in [0, 0.05) is 48.9 Å². The Morgan fingerprint density at radius 3 is 2.69 bits per heavy atom. The second-order valence-corrected chi connectivity index (χ2v) is 8.16. The molecule has 0 saturated carbocycles. The van der Waals surface area contributed by atoms with E-state index in [1.807, 2.05) is 19.1 Å². The largest absolute Gasteiger partial charge is 0.492 e. The van der Waals surface area contributed by atoms with Gasteiger partial charge in [0.2, 0.25) is 0 Å². The van der Waals surface area contributed by atoms with Crippen molar-refractivity contribution < 1.29 is 13.9 Å². The highest BCUT2D eigenvalue weighted by atomic mass is 35.5. The molecule has 2 heterocycles. The summed E-state index contributed by atoms with van der Waals surface area (Å²) in [6.45, 7) is 5.93. The van der Waals surface area contributed by atoms with Gasteiger partial charge in [-0.3, -0.25) is 9.78 Å². The van der Waals surface area contributed by atoms with Crippen molar-refractivity contribution in [2.75, 3.05) is 50.1 Å². The molecule has 3 N–H and O–H groups in total. The summed E-state index contributed by atoms with van der Waals surface area (Å²) in [5, 5.41) is 4.03. The lowest BCUT2D eigenvalue weighted by Gasteiger charge is -2.35. The third kappa shape index (κ3) is 4.42. The Hall–Kier alpha value is -3.10. The number of nitrogens with zero attached hydrogens (tertiary/aromatic N) is 3. The normalized spacial score (nSPS) is 14.6. The number of hydrogen-bond acceptors (Lipinski definition) is 6. The number of rotatable bonds is 6. The van der Waals surface area contributed by atoms with Crippen LogP contribution in [0.1, 0.15) is 17.3 Å². The summed E-state index contributed by atoms with van der Waals surface area (Å²) in [5.74, 6) is -0.455. The molecule has 1 saturated heterocycles. The third-order valence-electron chi connectivity index (χ3n) is 5.55. The Bertz CT molecular complexity index is 1160. The zero-order valence-electron chi connectivity index (χ0n) is 18.0. The molecule has 32 heavy (non-hydrogen) atoms. The lowest BCUT2D eigenvalue weighted by atomic mass is 10.1. The third-order valence-corrected chi connectivity index (χ3v) is 5.78. The SMILES string of the molecule is CCOc1cc2ncc(C(N)=O)c(Nc3cc(Cl)ccc3F)c2cc1N1CCN(C)CC1. The summed E-state index contributed by atoms with van der Waals surface area (Å²) in [4.78, 5) is 21.1. The van der Waals surface area contributed by atoms with Gasteiger partial charge in [-0.25, -0.2) is 4.39 Å². The van der Waals surface area contributed by atoms with E-state index in [4.69, 9.17) is 22.1 Å². The maximum absolute atomic E-state index is 14.5. The van der Waals surface area contributed by atoms with Gasteiger partial charge >= 0.3 is 0 Å². The number of anilines is 3. The number of halogens is 2.